The Balaban J connectivity index is 0.000000270. The maximum absolute atomic E-state index is 11.7. The minimum Gasteiger partial charge on any atom is -0.497 e. The molecule has 10 nitrogen and oxygen atoms in total. The van der Waals surface area contributed by atoms with Gasteiger partial charge < -0.3 is 19.0 Å². The minimum atomic E-state index is -0.997. The first-order valence-corrected chi connectivity index (χ1v) is 14.8. The van der Waals surface area contributed by atoms with E-state index in [2.05, 4.69) is 10.1 Å². The fraction of sp³-hybridized carbons (Fsp3) is 0.250. The molecule has 0 radical (unpaired) electrons. The SMILES string of the molecule is COc1cccc(CC(=O)CC(C)=O)c1.Cc1nc(CCOc2cccc(Cc3c(C(=O)O)cnn3-c3ccccc3)c2)c(C)o1. The van der Waals surface area contributed by atoms with E-state index < -0.39 is 5.97 Å². The lowest BCUT2D eigenvalue weighted by Crippen LogP contribution is -2.08. The summed E-state index contributed by atoms with van der Waals surface area (Å²) >= 11 is 0. The van der Waals surface area contributed by atoms with Crippen molar-refractivity contribution in [2.45, 2.75) is 46.5 Å². The van der Waals surface area contributed by atoms with Gasteiger partial charge in [-0.15, -0.1) is 0 Å². The van der Waals surface area contributed by atoms with Crippen LogP contribution in [0.2, 0.25) is 0 Å². The molecule has 0 unspecified atom stereocenters. The molecule has 0 aliphatic heterocycles. The van der Waals surface area contributed by atoms with Crippen molar-refractivity contribution in [3.05, 3.63) is 125 Å². The predicted molar refractivity (Wildman–Crippen MR) is 172 cm³/mol. The smallest absolute Gasteiger partial charge is 0.339 e. The van der Waals surface area contributed by atoms with Crippen molar-refractivity contribution in [2.24, 2.45) is 0 Å². The van der Waals surface area contributed by atoms with Gasteiger partial charge in [0.05, 0.1) is 43.4 Å². The minimum absolute atomic E-state index is 0.0111. The molecule has 0 fully saturated rings. The first kappa shape index (κ1) is 33.4. The van der Waals surface area contributed by atoms with Crippen LogP contribution >= 0.6 is 0 Å². The number of aryl methyl sites for hydroxylation is 2. The van der Waals surface area contributed by atoms with Crippen molar-refractivity contribution in [2.75, 3.05) is 13.7 Å². The van der Waals surface area contributed by atoms with Crippen LogP contribution in [0, 0.1) is 13.8 Å². The number of hydrogen-bond donors (Lipinski definition) is 1. The second kappa shape index (κ2) is 16.0. The third-order valence-corrected chi connectivity index (χ3v) is 6.96. The standard InChI is InChI=1S/C24H23N3O4.C12H14O3/c1-16-22(26-17(2)31-16)11-12-30-20-10-6-7-18(13-20)14-23-21(24(28)29)15-25-27(23)19-8-4-3-5-9-19;1-9(13)6-11(14)7-10-4-3-5-12(8-10)15-2/h3-10,13,15H,11-12,14H2,1-2H3,(H,28,29);3-5,8H,6-7H2,1-2H3. The second-order valence-corrected chi connectivity index (χ2v) is 10.7. The number of aromatic carboxylic acids is 1. The number of rotatable bonds is 13. The summed E-state index contributed by atoms with van der Waals surface area (Å²) in [6, 6.07) is 24.5. The number of methoxy groups -OCH3 is 1. The molecular formula is C36H37N3O7. The molecule has 0 saturated carbocycles. The molecule has 46 heavy (non-hydrogen) atoms. The van der Waals surface area contributed by atoms with Crippen molar-refractivity contribution in [1.29, 1.82) is 0 Å². The highest BCUT2D eigenvalue weighted by molar-refractivity contribution is 5.98. The molecule has 238 valence electrons. The summed E-state index contributed by atoms with van der Waals surface area (Å²) in [7, 11) is 1.58. The van der Waals surface area contributed by atoms with Gasteiger partial charge in [0.25, 0.3) is 0 Å². The number of ether oxygens (including phenoxy) is 2. The molecule has 0 aliphatic rings. The second-order valence-electron chi connectivity index (χ2n) is 10.7. The Hall–Kier alpha value is -5.51. The van der Waals surface area contributed by atoms with Crippen molar-refractivity contribution in [3.63, 3.8) is 0 Å². The molecule has 0 atom stereocenters. The number of oxazole rings is 1. The summed E-state index contributed by atoms with van der Waals surface area (Å²) in [4.78, 5) is 38.2. The summed E-state index contributed by atoms with van der Waals surface area (Å²) in [6.07, 6.45) is 2.76. The van der Waals surface area contributed by atoms with Gasteiger partial charge in [-0.05, 0) is 61.4 Å². The van der Waals surface area contributed by atoms with Crippen LogP contribution < -0.4 is 9.47 Å². The van der Waals surface area contributed by atoms with E-state index in [0.717, 1.165) is 39.8 Å². The molecule has 2 heterocycles. The molecule has 0 spiro atoms. The Bertz CT molecular complexity index is 1790. The predicted octanol–water partition coefficient (Wildman–Crippen LogP) is 6.17. The van der Waals surface area contributed by atoms with Crippen LogP contribution in [0.1, 0.15) is 57.9 Å². The van der Waals surface area contributed by atoms with Crippen LogP contribution in [-0.2, 0) is 28.9 Å². The molecule has 0 amide bonds. The fourth-order valence-corrected chi connectivity index (χ4v) is 4.87. The molecule has 5 aromatic rings. The summed E-state index contributed by atoms with van der Waals surface area (Å²) < 4.78 is 18.1. The Kier molecular flexibility index (Phi) is 11.6. The van der Waals surface area contributed by atoms with Gasteiger partial charge in [-0.2, -0.15) is 5.10 Å². The molecular weight excluding hydrogens is 586 g/mol. The normalized spacial score (nSPS) is 10.5. The Labute approximate surface area is 267 Å². The monoisotopic (exact) mass is 623 g/mol. The summed E-state index contributed by atoms with van der Waals surface area (Å²) in [6.45, 7) is 5.61. The zero-order valence-corrected chi connectivity index (χ0v) is 26.4. The third-order valence-electron chi connectivity index (χ3n) is 6.96. The van der Waals surface area contributed by atoms with E-state index in [1.165, 1.54) is 13.1 Å². The number of aromatic nitrogens is 3. The van der Waals surface area contributed by atoms with Gasteiger partial charge in [-0.25, -0.2) is 14.5 Å². The van der Waals surface area contributed by atoms with Gasteiger partial charge in [-0.1, -0.05) is 42.5 Å². The number of carboxylic acid groups (broad SMARTS) is 1. The van der Waals surface area contributed by atoms with E-state index in [1.54, 1.807) is 17.9 Å². The zero-order valence-electron chi connectivity index (χ0n) is 26.4. The molecule has 0 saturated heterocycles. The fourth-order valence-electron chi connectivity index (χ4n) is 4.87. The van der Waals surface area contributed by atoms with Crippen LogP contribution in [-0.4, -0.2) is 51.1 Å². The number of benzene rings is 3. The van der Waals surface area contributed by atoms with E-state index in [-0.39, 0.29) is 30.0 Å². The van der Waals surface area contributed by atoms with E-state index >= 15 is 0 Å². The summed E-state index contributed by atoms with van der Waals surface area (Å²) in [5.74, 6) is 1.76. The lowest BCUT2D eigenvalue weighted by molar-refractivity contribution is -0.125. The maximum Gasteiger partial charge on any atom is 0.339 e. The first-order valence-electron chi connectivity index (χ1n) is 14.8. The lowest BCUT2D eigenvalue weighted by atomic mass is 10.1. The Morgan fingerprint density at radius 1 is 0.913 bits per heavy atom. The lowest BCUT2D eigenvalue weighted by Gasteiger charge is -2.11. The number of carboxylic acids is 1. The van der Waals surface area contributed by atoms with Gasteiger partial charge in [0, 0.05) is 26.2 Å². The van der Waals surface area contributed by atoms with Crippen molar-refractivity contribution < 1.29 is 33.4 Å². The van der Waals surface area contributed by atoms with Gasteiger partial charge >= 0.3 is 5.97 Å². The number of hydrogen-bond acceptors (Lipinski definition) is 8. The number of Topliss-reactive ketones (excluding diaryl/α,β-unsaturated/α-hetero) is 2. The van der Waals surface area contributed by atoms with Gasteiger partial charge in [-0.3, -0.25) is 9.59 Å². The van der Waals surface area contributed by atoms with Crippen molar-refractivity contribution in [1.82, 2.24) is 14.8 Å². The van der Waals surface area contributed by atoms with E-state index in [0.29, 0.717) is 31.0 Å². The number of carbonyl (C=O) groups is 3. The van der Waals surface area contributed by atoms with Crippen molar-refractivity contribution in [3.8, 4) is 17.2 Å². The molecule has 0 aliphatic carbocycles. The average molecular weight is 624 g/mol. The topological polar surface area (TPSA) is 134 Å². The molecule has 10 heteroatoms. The third kappa shape index (κ3) is 9.49. The molecule has 2 aromatic heterocycles. The number of para-hydroxylation sites is 1. The van der Waals surface area contributed by atoms with Gasteiger partial charge in [0.2, 0.25) is 0 Å². The average Bonchev–Trinajstić information content (AvgIpc) is 3.59. The van der Waals surface area contributed by atoms with Crippen LogP contribution in [0.5, 0.6) is 11.5 Å². The van der Waals surface area contributed by atoms with Gasteiger partial charge in [0.1, 0.15) is 34.4 Å². The molecule has 0 bridgehead atoms. The van der Waals surface area contributed by atoms with E-state index in [1.807, 2.05) is 86.6 Å². The Morgan fingerprint density at radius 3 is 2.26 bits per heavy atom. The largest absolute Gasteiger partial charge is 0.497 e. The molecule has 5 rings (SSSR count). The van der Waals surface area contributed by atoms with Crippen LogP contribution in [0.3, 0.4) is 0 Å². The number of carbonyl (C=O) groups excluding carboxylic acids is 2. The highest BCUT2D eigenvalue weighted by atomic mass is 16.5. The van der Waals surface area contributed by atoms with Crippen LogP contribution in [0.4, 0.5) is 0 Å². The first-order chi connectivity index (χ1) is 22.1. The number of nitrogens with zero attached hydrogens (tertiary/aromatic N) is 3. The quantitative estimate of drug-likeness (QED) is 0.153. The molecule has 1 N–H and O–H groups in total. The van der Waals surface area contributed by atoms with E-state index in [4.69, 9.17) is 13.9 Å². The Morgan fingerprint density at radius 2 is 1.61 bits per heavy atom. The molecule has 3 aromatic carbocycles. The van der Waals surface area contributed by atoms with E-state index in [9.17, 15) is 19.5 Å². The van der Waals surface area contributed by atoms with Gasteiger partial charge in [0.15, 0.2) is 5.89 Å². The highest BCUT2D eigenvalue weighted by Crippen LogP contribution is 2.22. The summed E-state index contributed by atoms with van der Waals surface area (Å²) in [5.41, 5.74) is 4.32. The van der Waals surface area contributed by atoms with Crippen LogP contribution in [0.25, 0.3) is 5.69 Å². The number of ketones is 2. The summed E-state index contributed by atoms with van der Waals surface area (Å²) in [5, 5.41) is 13.9. The maximum atomic E-state index is 11.7. The van der Waals surface area contributed by atoms with Crippen LogP contribution in [0.15, 0.2) is 89.5 Å². The zero-order chi connectivity index (χ0) is 33.1. The van der Waals surface area contributed by atoms with Crippen molar-refractivity contribution >= 4 is 17.5 Å². The highest BCUT2D eigenvalue weighted by Gasteiger charge is 2.18.